The second-order valence-corrected chi connectivity index (χ2v) is 9.70. The Bertz CT molecular complexity index is 1230. The highest BCUT2D eigenvalue weighted by atomic mass is 79.9. The van der Waals surface area contributed by atoms with E-state index in [1.165, 1.54) is 0 Å². The molecule has 0 fully saturated rings. The molecule has 8 heteroatoms. The molecule has 1 aliphatic heterocycles. The lowest BCUT2D eigenvalue weighted by Crippen LogP contribution is -2.32. The lowest BCUT2D eigenvalue weighted by Gasteiger charge is -2.40. The number of hydrogen-bond donors (Lipinski definition) is 2. The number of carboxylic acid groups (broad SMARTS) is 1. The number of carbonyl (C=O) groups is 1. The standard InChI is InChI=1S/C25H22BrCl2NO4/c1-12-22(13-5-7-20(32-2)21(9-13)33-3)16-10-15(26)11-17(25(30)31)24(16)29-23(12)14-4-6-18(27)19(28)8-14/h4-12,22-23,29H,1-3H3,(H,30,31). The Labute approximate surface area is 210 Å². The predicted molar refractivity (Wildman–Crippen MR) is 134 cm³/mol. The monoisotopic (exact) mass is 549 g/mol. The number of ether oxygens (including phenoxy) is 2. The van der Waals surface area contributed by atoms with Crippen LogP contribution in [-0.2, 0) is 0 Å². The zero-order chi connectivity index (χ0) is 23.9. The minimum atomic E-state index is -1.01. The third-order valence-electron chi connectivity index (χ3n) is 6.12. The van der Waals surface area contributed by atoms with Gasteiger partial charge >= 0.3 is 5.97 Å². The summed E-state index contributed by atoms with van der Waals surface area (Å²) >= 11 is 16.0. The quantitative estimate of drug-likeness (QED) is 0.346. The summed E-state index contributed by atoms with van der Waals surface area (Å²) in [5.74, 6) is 0.139. The number of halogens is 3. The van der Waals surface area contributed by atoms with Crippen LogP contribution in [0, 0.1) is 5.92 Å². The van der Waals surface area contributed by atoms with Crippen molar-refractivity contribution in [3.05, 3.63) is 85.3 Å². The first-order chi connectivity index (χ1) is 15.7. The van der Waals surface area contributed by atoms with Gasteiger partial charge in [-0.05, 0) is 59.0 Å². The first-order valence-electron chi connectivity index (χ1n) is 10.2. The van der Waals surface area contributed by atoms with Crippen LogP contribution in [0.2, 0.25) is 10.0 Å². The molecule has 0 radical (unpaired) electrons. The number of methoxy groups -OCH3 is 2. The van der Waals surface area contributed by atoms with Gasteiger partial charge in [0.25, 0.3) is 0 Å². The molecule has 1 aliphatic rings. The van der Waals surface area contributed by atoms with E-state index in [4.69, 9.17) is 32.7 Å². The zero-order valence-electron chi connectivity index (χ0n) is 18.2. The molecule has 5 nitrogen and oxygen atoms in total. The maximum absolute atomic E-state index is 12.1. The van der Waals surface area contributed by atoms with Crippen LogP contribution >= 0.6 is 39.1 Å². The van der Waals surface area contributed by atoms with Crippen molar-refractivity contribution in [1.29, 1.82) is 0 Å². The summed E-state index contributed by atoms with van der Waals surface area (Å²) in [6, 6.07) is 14.7. The molecule has 172 valence electrons. The second-order valence-electron chi connectivity index (χ2n) is 7.97. The topological polar surface area (TPSA) is 67.8 Å². The summed E-state index contributed by atoms with van der Waals surface area (Å²) in [4.78, 5) is 12.1. The summed E-state index contributed by atoms with van der Waals surface area (Å²) in [6.45, 7) is 2.13. The van der Waals surface area contributed by atoms with Crippen molar-refractivity contribution in [2.75, 3.05) is 19.5 Å². The predicted octanol–water partition coefficient (Wildman–Crippen LogP) is 7.41. The van der Waals surface area contributed by atoms with Crippen LogP contribution in [0.1, 0.15) is 45.9 Å². The highest BCUT2D eigenvalue weighted by Gasteiger charge is 2.38. The van der Waals surface area contributed by atoms with Gasteiger partial charge in [-0.25, -0.2) is 4.79 Å². The van der Waals surface area contributed by atoms with Gasteiger partial charge in [-0.2, -0.15) is 0 Å². The molecule has 3 atom stereocenters. The molecule has 0 saturated carbocycles. The second kappa shape index (κ2) is 9.45. The summed E-state index contributed by atoms with van der Waals surface area (Å²) in [5.41, 5.74) is 3.58. The maximum Gasteiger partial charge on any atom is 0.337 e. The van der Waals surface area contributed by atoms with E-state index in [1.807, 2.05) is 36.4 Å². The number of hydrogen-bond acceptors (Lipinski definition) is 4. The smallest absolute Gasteiger partial charge is 0.337 e. The fourth-order valence-corrected chi connectivity index (χ4v) is 5.37. The van der Waals surface area contributed by atoms with Gasteiger partial charge in [0.2, 0.25) is 0 Å². The number of anilines is 1. The van der Waals surface area contributed by atoms with Gasteiger partial charge in [0.15, 0.2) is 11.5 Å². The minimum Gasteiger partial charge on any atom is -0.493 e. The highest BCUT2D eigenvalue weighted by Crippen LogP contribution is 2.51. The maximum atomic E-state index is 12.1. The normalized spacial score (nSPS) is 19.4. The van der Waals surface area contributed by atoms with Crippen molar-refractivity contribution < 1.29 is 19.4 Å². The summed E-state index contributed by atoms with van der Waals surface area (Å²) in [5, 5.41) is 14.3. The molecule has 33 heavy (non-hydrogen) atoms. The number of rotatable bonds is 5. The van der Waals surface area contributed by atoms with E-state index in [-0.39, 0.29) is 23.4 Å². The zero-order valence-corrected chi connectivity index (χ0v) is 21.3. The Hall–Kier alpha value is -2.41. The van der Waals surface area contributed by atoms with Crippen LogP contribution in [0.3, 0.4) is 0 Å². The van der Waals surface area contributed by atoms with E-state index in [0.29, 0.717) is 31.7 Å². The number of benzene rings is 3. The molecular formula is C25H22BrCl2NO4. The van der Waals surface area contributed by atoms with Crippen LogP contribution in [0.25, 0.3) is 0 Å². The molecule has 1 heterocycles. The number of nitrogens with one attached hydrogen (secondary N) is 1. The molecular weight excluding hydrogens is 529 g/mol. The van der Waals surface area contributed by atoms with Gasteiger partial charge in [0.1, 0.15) is 0 Å². The molecule has 3 aromatic carbocycles. The first-order valence-corrected chi connectivity index (χ1v) is 11.8. The molecule has 4 rings (SSSR count). The Morgan fingerprint density at radius 2 is 1.67 bits per heavy atom. The molecule has 0 saturated heterocycles. The van der Waals surface area contributed by atoms with Crippen molar-refractivity contribution in [2.24, 2.45) is 5.92 Å². The Morgan fingerprint density at radius 1 is 0.970 bits per heavy atom. The Balaban J connectivity index is 1.94. The van der Waals surface area contributed by atoms with Gasteiger partial charge in [-0.3, -0.25) is 0 Å². The first kappa shape index (κ1) is 23.7. The van der Waals surface area contributed by atoms with E-state index >= 15 is 0 Å². The van der Waals surface area contributed by atoms with Crippen LogP contribution in [-0.4, -0.2) is 25.3 Å². The van der Waals surface area contributed by atoms with E-state index in [1.54, 1.807) is 26.4 Å². The lowest BCUT2D eigenvalue weighted by molar-refractivity contribution is 0.0697. The number of carboxylic acids is 1. The van der Waals surface area contributed by atoms with Crippen molar-refractivity contribution in [1.82, 2.24) is 0 Å². The van der Waals surface area contributed by atoms with E-state index in [9.17, 15) is 9.90 Å². The Kier molecular flexibility index (Phi) is 6.80. The van der Waals surface area contributed by atoms with Crippen LogP contribution in [0.15, 0.2) is 53.0 Å². The van der Waals surface area contributed by atoms with E-state index in [2.05, 4.69) is 28.2 Å². The average molecular weight is 551 g/mol. The SMILES string of the molecule is COc1ccc(C2c3cc(Br)cc(C(=O)O)c3NC(c3ccc(Cl)c(Cl)c3)C2C)cc1OC. The average Bonchev–Trinajstić information content (AvgIpc) is 2.79. The Morgan fingerprint density at radius 3 is 2.30 bits per heavy atom. The molecule has 3 aromatic rings. The molecule has 0 bridgehead atoms. The van der Waals surface area contributed by atoms with Gasteiger partial charge in [0, 0.05) is 10.4 Å². The fraction of sp³-hybridized carbons (Fsp3) is 0.240. The van der Waals surface area contributed by atoms with Crippen LogP contribution in [0.5, 0.6) is 11.5 Å². The third-order valence-corrected chi connectivity index (χ3v) is 7.32. The van der Waals surface area contributed by atoms with Gasteiger partial charge in [-0.1, -0.05) is 58.2 Å². The molecule has 0 amide bonds. The number of aromatic carboxylic acids is 1. The molecule has 0 aromatic heterocycles. The summed E-state index contributed by atoms with van der Waals surface area (Å²) in [7, 11) is 3.19. The van der Waals surface area contributed by atoms with Crippen LogP contribution < -0.4 is 14.8 Å². The number of fused-ring (bicyclic) bond motifs is 1. The lowest BCUT2D eigenvalue weighted by atomic mass is 9.72. The van der Waals surface area contributed by atoms with Crippen LogP contribution in [0.4, 0.5) is 5.69 Å². The van der Waals surface area contributed by atoms with Crippen molar-refractivity contribution >= 4 is 50.8 Å². The fourth-order valence-electron chi connectivity index (χ4n) is 4.59. The van der Waals surface area contributed by atoms with Gasteiger partial charge in [0.05, 0.1) is 41.6 Å². The van der Waals surface area contributed by atoms with Crippen molar-refractivity contribution in [3.63, 3.8) is 0 Å². The molecule has 0 aliphatic carbocycles. The summed E-state index contributed by atoms with van der Waals surface area (Å²) in [6.07, 6.45) is 0. The minimum absolute atomic E-state index is 0.0313. The molecule has 3 unspecified atom stereocenters. The largest absolute Gasteiger partial charge is 0.493 e. The van der Waals surface area contributed by atoms with Gasteiger partial charge in [-0.15, -0.1) is 0 Å². The van der Waals surface area contributed by atoms with Crippen molar-refractivity contribution in [3.8, 4) is 11.5 Å². The third kappa shape index (κ3) is 4.39. The van der Waals surface area contributed by atoms with E-state index < -0.39 is 5.97 Å². The van der Waals surface area contributed by atoms with Gasteiger partial charge < -0.3 is 19.9 Å². The summed E-state index contributed by atoms with van der Waals surface area (Å²) < 4.78 is 11.7. The van der Waals surface area contributed by atoms with Crippen molar-refractivity contribution in [2.45, 2.75) is 18.9 Å². The molecule has 0 spiro atoms. The molecule has 2 N–H and O–H groups in total. The van der Waals surface area contributed by atoms with E-state index in [0.717, 1.165) is 16.7 Å². The highest BCUT2D eigenvalue weighted by molar-refractivity contribution is 9.10.